The molecule has 8 heteroatoms. The third-order valence-electron chi connectivity index (χ3n) is 5.16. The van der Waals surface area contributed by atoms with Crippen LogP contribution < -0.4 is 4.90 Å². The number of amides is 1. The van der Waals surface area contributed by atoms with Crippen molar-refractivity contribution in [1.29, 1.82) is 0 Å². The van der Waals surface area contributed by atoms with Crippen molar-refractivity contribution in [3.63, 3.8) is 0 Å². The molecule has 0 spiro atoms. The summed E-state index contributed by atoms with van der Waals surface area (Å²) < 4.78 is 16.4. The predicted octanol–water partition coefficient (Wildman–Crippen LogP) is 3.06. The number of benzene rings is 1. The van der Waals surface area contributed by atoms with Crippen LogP contribution in [0, 0.1) is 13.8 Å². The van der Waals surface area contributed by atoms with E-state index in [4.69, 9.17) is 13.8 Å². The topological polar surface area (TPSA) is 84.8 Å². The molecule has 0 unspecified atom stereocenters. The lowest BCUT2D eigenvalue weighted by Crippen LogP contribution is -2.38. The zero-order valence-electron chi connectivity index (χ0n) is 16.8. The second kappa shape index (κ2) is 8.08. The smallest absolute Gasteiger partial charge is 0.261 e. The van der Waals surface area contributed by atoms with E-state index in [1.54, 1.807) is 11.9 Å². The van der Waals surface area contributed by atoms with Gasteiger partial charge in [0.05, 0.1) is 25.5 Å². The van der Waals surface area contributed by atoms with Crippen molar-refractivity contribution in [3.8, 4) is 11.3 Å². The maximum atomic E-state index is 13.5. The molecule has 0 atom stereocenters. The van der Waals surface area contributed by atoms with Crippen LogP contribution >= 0.6 is 0 Å². The maximum Gasteiger partial charge on any atom is 0.261 e. The van der Waals surface area contributed by atoms with Gasteiger partial charge < -0.3 is 23.6 Å². The van der Waals surface area contributed by atoms with Crippen LogP contribution in [-0.4, -0.2) is 54.5 Å². The number of hydrogen-bond donors (Lipinski definition) is 0. The van der Waals surface area contributed by atoms with E-state index in [-0.39, 0.29) is 5.91 Å². The van der Waals surface area contributed by atoms with Gasteiger partial charge in [0, 0.05) is 31.3 Å². The summed E-state index contributed by atoms with van der Waals surface area (Å²) in [6.45, 7) is 6.62. The first kappa shape index (κ1) is 19.2. The van der Waals surface area contributed by atoms with Crippen molar-refractivity contribution in [3.05, 3.63) is 52.9 Å². The molecule has 1 aliphatic heterocycles. The summed E-state index contributed by atoms with van der Waals surface area (Å²) in [6, 6.07) is 9.57. The summed E-state index contributed by atoms with van der Waals surface area (Å²) >= 11 is 0. The number of carbonyl (C=O) groups is 1. The summed E-state index contributed by atoms with van der Waals surface area (Å²) in [5.41, 5.74) is 2.97. The average Bonchev–Trinajstić information content (AvgIpc) is 3.33. The average molecular weight is 396 g/mol. The first-order valence-corrected chi connectivity index (χ1v) is 9.61. The Hall–Kier alpha value is -3.13. The second-order valence-electron chi connectivity index (χ2n) is 7.14. The van der Waals surface area contributed by atoms with Gasteiger partial charge in [-0.3, -0.25) is 4.79 Å². The zero-order chi connectivity index (χ0) is 20.4. The molecule has 1 fully saturated rings. The van der Waals surface area contributed by atoms with Crippen molar-refractivity contribution in [1.82, 2.24) is 15.2 Å². The van der Waals surface area contributed by atoms with Gasteiger partial charge >= 0.3 is 0 Å². The molecule has 0 N–H and O–H groups in total. The van der Waals surface area contributed by atoms with Crippen LogP contribution in [0.3, 0.4) is 0 Å². The number of morpholine rings is 1. The second-order valence-corrected chi connectivity index (χ2v) is 7.14. The quantitative estimate of drug-likeness (QED) is 0.655. The molecule has 152 valence electrons. The van der Waals surface area contributed by atoms with E-state index in [9.17, 15) is 4.79 Å². The fourth-order valence-corrected chi connectivity index (χ4v) is 3.48. The van der Waals surface area contributed by atoms with E-state index in [1.807, 2.05) is 49.1 Å². The third kappa shape index (κ3) is 3.75. The predicted molar refractivity (Wildman–Crippen MR) is 107 cm³/mol. The fourth-order valence-electron chi connectivity index (χ4n) is 3.48. The van der Waals surface area contributed by atoms with Crippen molar-refractivity contribution in [2.24, 2.45) is 0 Å². The molecule has 29 heavy (non-hydrogen) atoms. The fraction of sp³-hybridized carbons (Fsp3) is 0.381. The Morgan fingerprint density at radius 1 is 1.10 bits per heavy atom. The third-order valence-corrected chi connectivity index (χ3v) is 5.16. The van der Waals surface area contributed by atoms with Gasteiger partial charge in [-0.2, -0.15) is 0 Å². The van der Waals surface area contributed by atoms with Crippen LogP contribution in [0.4, 0.5) is 5.82 Å². The number of aryl methyl sites for hydroxylation is 2. The number of nitrogens with zero attached hydrogens (tertiary/aromatic N) is 4. The van der Waals surface area contributed by atoms with Gasteiger partial charge in [0.15, 0.2) is 11.6 Å². The summed E-state index contributed by atoms with van der Waals surface area (Å²) in [6.07, 6.45) is 0. The molecule has 3 heterocycles. The number of anilines is 1. The van der Waals surface area contributed by atoms with Crippen molar-refractivity contribution in [2.75, 3.05) is 38.3 Å². The highest BCUT2D eigenvalue weighted by molar-refractivity contribution is 6.04. The van der Waals surface area contributed by atoms with Crippen molar-refractivity contribution >= 4 is 11.7 Å². The lowest BCUT2D eigenvalue weighted by molar-refractivity contribution is 0.0784. The Morgan fingerprint density at radius 2 is 1.83 bits per heavy atom. The summed E-state index contributed by atoms with van der Waals surface area (Å²) in [5, 5.41) is 8.25. The Balaban J connectivity index is 1.71. The number of hydrogen-bond acceptors (Lipinski definition) is 7. The van der Waals surface area contributed by atoms with Crippen LogP contribution in [0.5, 0.6) is 0 Å². The molecular weight excluding hydrogens is 372 g/mol. The van der Waals surface area contributed by atoms with Crippen LogP contribution in [0.2, 0.25) is 0 Å². The van der Waals surface area contributed by atoms with E-state index >= 15 is 0 Å². The van der Waals surface area contributed by atoms with Crippen LogP contribution in [0.1, 0.15) is 27.4 Å². The van der Waals surface area contributed by atoms with Gasteiger partial charge in [-0.1, -0.05) is 40.6 Å². The minimum atomic E-state index is -0.161. The number of ether oxygens (including phenoxy) is 1. The van der Waals surface area contributed by atoms with Gasteiger partial charge in [-0.15, -0.1) is 0 Å². The Kier molecular flexibility index (Phi) is 5.35. The number of rotatable bonds is 5. The molecule has 1 amide bonds. The maximum absolute atomic E-state index is 13.5. The molecule has 8 nitrogen and oxygen atoms in total. The standard InChI is InChI=1S/C21H24N4O4/c1-14-17(15(2)28-22-14)13-24(3)21(26)18-19(16-7-5-4-6-8-16)29-23-20(18)25-9-11-27-12-10-25/h4-8H,9-13H2,1-3H3. The van der Waals surface area contributed by atoms with Gasteiger partial charge in [0.25, 0.3) is 5.91 Å². The highest BCUT2D eigenvalue weighted by atomic mass is 16.5. The van der Waals surface area contributed by atoms with E-state index in [1.165, 1.54) is 0 Å². The molecule has 1 aromatic carbocycles. The molecule has 1 saturated heterocycles. The first-order valence-electron chi connectivity index (χ1n) is 9.61. The Bertz CT molecular complexity index is 970. The van der Waals surface area contributed by atoms with E-state index in [0.29, 0.717) is 55.7 Å². The lowest BCUT2D eigenvalue weighted by atomic mass is 10.1. The summed E-state index contributed by atoms with van der Waals surface area (Å²) in [5.74, 6) is 1.58. The summed E-state index contributed by atoms with van der Waals surface area (Å²) in [7, 11) is 1.76. The molecule has 1 aliphatic rings. The minimum absolute atomic E-state index is 0.161. The SMILES string of the molecule is Cc1noc(C)c1CN(C)C(=O)c1c(N2CCOCC2)noc1-c1ccccc1. The molecule has 0 aliphatic carbocycles. The Labute approximate surface area is 169 Å². The molecule has 0 bridgehead atoms. The van der Waals surface area contributed by atoms with Crippen LogP contribution in [0.15, 0.2) is 39.4 Å². The normalized spacial score (nSPS) is 14.2. The molecule has 0 radical (unpaired) electrons. The Morgan fingerprint density at radius 3 is 2.48 bits per heavy atom. The monoisotopic (exact) mass is 396 g/mol. The first-order chi connectivity index (χ1) is 14.1. The molecule has 2 aromatic heterocycles. The molecular formula is C21H24N4O4. The van der Waals surface area contributed by atoms with Crippen LogP contribution in [0.25, 0.3) is 11.3 Å². The van der Waals surface area contributed by atoms with Crippen molar-refractivity contribution in [2.45, 2.75) is 20.4 Å². The largest absolute Gasteiger partial charge is 0.378 e. The molecule has 3 aromatic rings. The van der Waals surface area contributed by atoms with Gasteiger partial charge in [-0.25, -0.2) is 0 Å². The van der Waals surface area contributed by atoms with Gasteiger partial charge in [-0.05, 0) is 13.8 Å². The molecule has 4 rings (SSSR count). The van der Waals surface area contributed by atoms with E-state index in [0.717, 1.165) is 16.8 Å². The van der Waals surface area contributed by atoms with Gasteiger partial charge in [0.1, 0.15) is 11.3 Å². The highest BCUT2D eigenvalue weighted by Gasteiger charge is 2.31. The number of aromatic nitrogens is 2. The summed E-state index contributed by atoms with van der Waals surface area (Å²) in [4.78, 5) is 17.2. The van der Waals surface area contributed by atoms with E-state index < -0.39 is 0 Å². The lowest BCUT2D eigenvalue weighted by Gasteiger charge is -2.27. The van der Waals surface area contributed by atoms with Gasteiger partial charge in [0.2, 0.25) is 0 Å². The zero-order valence-corrected chi connectivity index (χ0v) is 16.8. The van der Waals surface area contributed by atoms with E-state index in [2.05, 4.69) is 10.3 Å². The minimum Gasteiger partial charge on any atom is -0.378 e. The molecule has 0 saturated carbocycles. The highest BCUT2D eigenvalue weighted by Crippen LogP contribution is 2.33. The van der Waals surface area contributed by atoms with Crippen molar-refractivity contribution < 1.29 is 18.6 Å². The van der Waals surface area contributed by atoms with Crippen LogP contribution in [-0.2, 0) is 11.3 Å². The number of carbonyl (C=O) groups excluding carboxylic acids is 1.